The van der Waals surface area contributed by atoms with Crippen LogP contribution in [0.4, 0.5) is 0 Å². The summed E-state index contributed by atoms with van der Waals surface area (Å²) in [6.07, 6.45) is 3.41. The maximum Gasteiger partial charge on any atom is 0.329 e. The monoisotopic (exact) mass is 376 g/mol. The maximum atomic E-state index is 12.2. The fourth-order valence-corrected chi connectivity index (χ4v) is 3.41. The molecule has 0 atom stereocenters. The van der Waals surface area contributed by atoms with E-state index in [9.17, 15) is 19.5 Å². The molecular weight excluding hydrogens is 348 g/mol. The summed E-state index contributed by atoms with van der Waals surface area (Å²) in [5.74, 6) is -0.728. The number of hydrogen-bond donors (Lipinski definition) is 3. The van der Waals surface area contributed by atoms with Crippen molar-refractivity contribution in [3.8, 4) is 5.75 Å². The zero-order chi connectivity index (χ0) is 19.9. The van der Waals surface area contributed by atoms with Crippen LogP contribution in [0.15, 0.2) is 24.3 Å². The summed E-state index contributed by atoms with van der Waals surface area (Å²) < 4.78 is 5.32. The molecule has 1 saturated carbocycles. The van der Waals surface area contributed by atoms with Gasteiger partial charge in [0.2, 0.25) is 5.91 Å². The van der Waals surface area contributed by atoms with Crippen LogP contribution in [0, 0.1) is 5.92 Å². The van der Waals surface area contributed by atoms with Gasteiger partial charge in [0, 0.05) is 5.56 Å². The Morgan fingerprint density at radius 1 is 1.15 bits per heavy atom. The van der Waals surface area contributed by atoms with E-state index >= 15 is 0 Å². The highest BCUT2D eigenvalue weighted by Crippen LogP contribution is 2.34. The van der Waals surface area contributed by atoms with Gasteiger partial charge in [0.15, 0.2) is 0 Å². The van der Waals surface area contributed by atoms with Crippen molar-refractivity contribution in [2.45, 2.75) is 51.5 Å². The summed E-state index contributed by atoms with van der Waals surface area (Å²) in [4.78, 5) is 36.1. The number of amides is 2. The summed E-state index contributed by atoms with van der Waals surface area (Å²) in [5, 5.41) is 14.8. The molecule has 1 fully saturated rings. The first-order valence-corrected chi connectivity index (χ1v) is 9.45. The number of aliphatic carboxylic acids is 1. The molecule has 0 bridgehead atoms. The normalized spacial score (nSPS) is 21.9. The number of rotatable bonds is 8. The fraction of sp³-hybridized carbons (Fsp3) is 0.550. The van der Waals surface area contributed by atoms with Crippen molar-refractivity contribution in [3.63, 3.8) is 0 Å². The first kappa shape index (κ1) is 20.7. The number of nitrogens with one attached hydrogen (secondary N) is 2. The lowest BCUT2D eigenvalue weighted by Crippen LogP contribution is -2.58. The van der Waals surface area contributed by atoms with E-state index in [1.807, 2.05) is 6.92 Å². The van der Waals surface area contributed by atoms with E-state index < -0.39 is 23.3 Å². The van der Waals surface area contributed by atoms with E-state index in [4.69, 9.17) is 4.74 Å². The fourth-order valence-electron chi connectivity index (χ4n) is 3.41. The third-order valence-electron chi connectivity index (χ3n) is 5.16. The van der Waals surface area contributed by atoms with Crippen molar-refractivity contribution in [1.82, 2.24) is 10.6 Å². The number of carbonyl (C=O) groups excluding carboxylic acids is 2. The van der Waals surface area contributed by atoms with E-state index in [2.05, 4.69) is 17.6 Å². The molecule has 2 amide bonds. The largest absolute Gasteiger partial charge is 0.494 e. The lowest BCUT2D eigenvalue weighted by atomic mass is 9.75. The van der Waals surface area contributed by atoms with Gasteiger partial charge in [-0.05, 0) is 62.8 Å². The molecule has 0 heterocycles. The van der Waals surface area contributed by atoms with Gasteiger partial charge in [0.25, 0.3) is 5.91 Å². The molecule has 0 aliphatic heterocycles. The van der Waals surface area contributed by atoms with Gasteiger partial charge in [0.1, 0.15) is 11.3 Å². The van der Waals surface area contributed by atoms with E-state index in [-0.39, 0.29) is 6.54 Å². The molecule has 1 aromatic carbocycles. The molecule has 3 N–H and O–H groups in total. The second kappa shape index (κ2) is 9.39. The van der Waals surface area contributed by atoms with Crippen molar-refractivity contribution < 1.29 is 24.2 Å². The van der Waals surface area contributed by atoms with Gasteiger partial charge in [-0.3, -0.25) is 9.59 Å². The Kier molecular flexibility index (Phi) is 7.21. The van der Waals surface area contributed by atoms with Gasteiger partial charge in [-0.2, -0.15) is 0 Å². The van der Waals surface area contributed by atoms with E-state index in [0.29, 0.717) is 36.7 Å². The van der Waals surface area contributed by atoms with Crippen LogP contribution >= 0.6 is 0 Å². The van der Waals surface area contributed by atoms with Gasteiger partial charge in [-0.1, -0.05) is 13.3 Å². The minimum absolute atomic E-state index is 0.266. The van der Waals surface area contributed by atoms with E-state index in [1.165, 1.54) is 0 Å². The predicted molar refractivity (Wildman–Crippen MR) is 101 cm³/mol. The Bertz CT molecular complexity index is 663. The van der Waals surface area contributed by atoms with Crippen LogP contribution < -0.4 is 15.4 Å². The summed E-state index contributed by atoms with van der Waals surface area (Å²) in [7, 11) is 0. The molecule has 148 valence electrons. The Morgan fingerprint density at radius 3 is 2.30 bits per heavy atom. The van der Waals surface area contributed by atoms with Crippen LogP contribution in [0.3, 0.4) is 0 Å². The van der Waals surface area contributed by atoms with Crippen LogP contribution in [0.5, 0.6) is 5.75 Å². The maximum absolute atomic E-state index is 12.2. The zero-order valence-corrected chi connectivity index (χ0v) is 15.9. The molecule has 0 saturated heterocycles. The lowest BCUT2D eigenvalue weighted by molar-refractivity contribution is -0.149. The number of hydrogen-bond acceptors (Lipinski definition) is 4. The molecular formula is C20H28N2O5. The summed E-state index contributed by atoms with van der Waals surface area (Å²) in [6.45, 7) is 4.24. The molecule has 1 aliphatic carbocycles. The van der Waals surface area contributed by atoms with Gasteiger partial charge in [-0.25, -0.2) is 4.79 Å². The molecule has 0 radical (unpaired) electrons. The minimum atomic E-state index is -1.23. The van der Waals surface area contributed by atoms with Crippen LogP contribution in [0.2, 0.25) is 0 Å². The number of carboxylic acid groups (broad SMARTS) is 1. The topological polar surface area (TPSA) is 105 Å². The Morgan fingerprint density at radius 2 is 1.78 bits per heavy atom. The average Bonchev–Trinajstić information content (AvgIpc) is 2.67. The third-order valence-corrected chi connectivity index (χ3v) is 5.16. The third kappa shape index (κ3) is 5.45. The summed E-state index contributed by atoms with van der Waals surface area (Å²) >= 11 is 0. The summed E-state index contributed by atoms with van der Waals surface area (Å²) in [6, 6.07) is 6.60. The molecule has 2 rings (SSSR count). The highest BCUT2D eigenvalue weighted by atomic mass is 16.5. The smallest absolute Gasteiger partial charge is 0.329 e. The van der Waals surface area contributed by atoms with Crippen molar-refractivity contribution in [2.75, 3.05) is 13.2 Å². The Hall–Kier alpha value is -2.57. The number of ether oxygens (including phenoxy) is 1. The van der Waals surface area contributed by atoms with Gasteiger partial charge in [-0.15, -0.1) is 0 Å². The first-order valence-electron chi connectivity index (χ1n) is 9.45. The standard InChI is InChI=1S/C20H28N2O5/c1-3-14-9-11-20(12-10-14,19(25)26)22-17(23)13-21-18(24)15-5-7-16(8-6-15)27-4-2/h5-8,14H,3-4,9-13H2,1-2H3,(H,21,24)(H,22,23)(H,25,26). The van der Waals surface area contributed by atoms with Crippen LogP contribution in [-0.2, 0) is 9.59 Å². The number of carboxylic acids is 1. The van der Waals surface area contributed by atoms with Gasteiger partial charge < -0.3 is 20.5 Å². The van der Waals surface area contributed by atoms with Crippen molar-refractivity contribution >= 4 is 17.8 Å². The molecule has 0 aromatic heterocycles. The molecule has 7 nitrogen and oxygen atoms in total. The minimum Gasteiger partial charge on any atom is -0.494 e. The van der Waals surface area contributed by atoms with E-state index in [0.717, 1.165) is 19.3 Å². The van der Waals surface area contributed by atoms with Crippen LogP contribution in [0.25, 0.3) is 0 Å². The molecule has 7 heteroatoms. The molecule has 1 aliphatic rings. The SMILES string of the molecule is CCOc1ccc(C(=O)NCC(=O)NC2(C(=O)O)CCC(CC)CC2)cc1. The van der Waals surface area contributed by atoms with Crippen molar-refractivity contribution in [2.24, 2.45) is 5.92 Å². The second-order valence-corrected chi connectivity index (χ2v) is 6.93. The Balaban J connectivity index is 1.88. The highest BCUT2D eigenvalue weighted by molar-refractivity contribution is 5.97. The predicted octanol–water partition coefficient (Wildman–Crippen LogP) is 2.35. The van der Waals surface area contributed by atoms with Crippen LogP contribution in [0.1, 0.15) is 56.3 Å². The van der Waals surface area contributed by atoms with E-state index in [1.54, 1.807) is 24.3 Å². The first-order chi connectivity index (χ1) is 12.9. The summed E-state index contributed by atoms with van der Waals surface area (Å²) in [5.41, 5.74) is -0.824. The number of carbonyl (C=O) groups is 3. The molecule has 0 spiro atoms. The molecule has 1 aromatic rings. The van der Waals surface area contributed by atoms with Crippen molar-refractivity contribution in [1.29, 1.82) is 0 Å². The zero-order valence-electron chi connectivity index (χ0n) is 15.9. The van der Waals surface area contributed by atoms with Gasteiger partial charge in [0.05, 0.1) is 13.2 Å². The number of benzene rings is 1. The molecule has 0 unspecified atom stereocenters. The lowest BCUT2D eigenvalue weighted by Gasteiger charge is -2.37. The Labute approximate surface area is 159 Å². The van der Waals surface area contributed by atoms with Crippen molar-refractivity contribution in [3.05, 3.63) is 29.8 Å². The van der Waals surface area contributed by atoms with Crippen LogP contribution in [-0.4, -0.2) is 41.6 Å². The quantitative estimate of drug-likeness (QED) is 0.646. The highest BCUT2D eigenvalue weighted by Gasteiger charge is 2.42. The second-order valence-electron chi connectivity index (χ2n) is 6.93. The van der Waals surface area contributed by atoms with Gasteiger partial charge >= 0.3 is 5.97 Å². The molecule has 27 heavy (non-hydrogen) atoms. The average molecular weight is 376 g/mol.